The summed E-state index contributed by atoms with van der Waals surface area (Å²) in [4.78, 5) is 23.9. The Morgan fingerprint density at radius 2 is 2.12 bits per heavy atom. The van der Waals surface area contributed by atoms with Gasteiger partial charge in [-0.05, 0) is 12.8 Å². The maximum Gasteiger partial charge on any atom is 0.271 e. The van der Waals surface area contributed by atoms with Gasteiger partial charge < -0.3 is 10.1 Å². The van der Waals surface area contributed by atoms with E-state index < -0.39 is 21.5 Å². The topological polar surface area (TPSA) is 98.8 Å². The van der Waals surface area contributed by atoms with Gasteiger partial charge in [0, 0.05) is 23.0 Å². The molecular weight excluding hydrogens is 398 g/mol. The highest BCUT2D eigenvalue weighted by atomic mass is 32.2. The molecule has 26 heavy (non-hydrogen) atoms. The van der Waals surface area contributed by atoms with Crippen molar-refractivity contribution >= 4 is 44.7 Å². The lowest BCUT2D eigenvalue weighted by atomic mass is 9.92. The summed E-state index contributed by atoms with van der Waals surface area (Å²) in [5.41, 5.74) is -0.350. The molecule has 0 spiro atoms. The molecule has 1 N–H and O–H groups in total. The number of rotatable bonds is 8. The van der Waals surface area contributed by atoms with Crippen molar-refractivity contribution in [2.24, 2.45) is 5.41 Å². The maximum absolute atomic E-state index is 12.0. The fourth-order valence-corrected chi connectivity index (χ4v) is 8.41. The van der Waals surface area contributed by atoms with E-state index >= 15 is 0 Å². The Morgan fingerprint density at radius 1 is 1.38 bits per heavy atom. The summed E-state index contributed by atoms with van der Waals surface area (Å²) >= 11 is 2.83. The number of nitrogens with one attached hydrogen (secondary N) is 1. The minimum Gasteiger partial charge on any atom is -0.364 e. The minimum absolute atomic E-state index is 0.0672. The van der Waals surface area contributed by atoms with Crippen LogP contribution in [0.15, 0.2) is 0 Å². The van der Waals surface area contributed by atoms with Crippen LogP contribution in [0, 0.1) is 5.41 Å². The second-order valence-corrected chi connectivity index (χ2v) is 11.7. The molecule has 5 atom stereocenters. The molecule has 0 radical (unpaired) electrons. The molecule has 3 saturated heterocycles. The van der Waals surface area contributed by atoms with Crippen LogP contribution in [0.5, 0.6) is 0 Å². The van der Waals surface area contributed by atoms with Crippen LogP contribution in [0.1, 0.15) is 33.6 Å². The van der Waals surface area contributed by atoms with Crippen molar-refractivity contribution in [2.45, 2.75) is 61.6 Å². The zero-order valence-corrected chi connectivity index (χ0v) is 17.5. The van der Waals surface area contributed by atoms with Crippen LogP contribution in [-0.2, 0) is 28.6 Å². The number of carbonyl (C=O) groups excluding carboxylic acids is 2. The van der Waals surface area contributed by atoms with E-state index in [0.29, 0.717) is 18.7 Å². The molecule has 5 unspecified atom stereocenters. The van der Waals surface area contributed by atoms with E-state index in [9.17, 15) is 18.0 Å². The van der Waals surface area contributed by atoms with Crippen molar-refractivity contribution in [2.75, 3.05) is 18.9 Å². The smallest absolute Gasteiger partial charge is 0.271 e. The molecule has 0 aromatic heterocycles. The lowest BCUT2D eigenvalue weighted by Gasteiger charge is -2.23. The third-order valence-electron chi connectivity index (χ3n) is 5.29. The molecule has 3 heterocycles. The highest BCUT2D eigenvalue weighted by molar-refractivity contribution is 8.13. The van der Waals surface area contributed by atoms with Crippen LogP contribution in [0.25, 0.3) is 0 Å². The summed E-state index contributed by atoms with van der Waals surface area (Å²) in [6.45, 7) is 6.07. The molecule has 10 heteroatoms. The first-order valence-corrected chi connectivity index (χ1v) is 12.2. The number of hydrogen-bond donors (Lipinski definition) is 1. The van der Waals surface area contributed by atoms with Gasteiger partial charge >= 0.3 is 0 Å². The van der Waals surface area contributed by atoms with Crippen LogP contribution in [0.3, 0.4) is 0 Å². The van der Waals surface area contributed by atoms with Crippen LogP contribution in [0.4, 0.5) is 0 Å². The molecule has 0 aromatic rings. The van der Waals surface area contributed by atoms with Crippen molar-refractivity contribution < 1.29 is 26.9 Å². The monoisotopic (exact) mass is 423 g/mol. The van der Waals surface area contributed by atoms with Crippen molar-refractivity contribution in [3.63, 3.8) is 0 Å². The fourth-order valence-electron chi connectivity index (χ4n) is 3.32. The molecular formula is C16H25NO6S3. The van der Waals surface area contributed by atoms with E-state index in [2.05, 4.69) is 5.32 Å². The second-order valence-electron chi connectivity index (χ2n) is 7.47. The summed E-state index contributed by atoms with van der Waals surface area (Å²) in [6, 6.07) is 0. The van der Waals surface area contributed by atoms with Crippen molar-refractivity contribution in [1.29, 1.82) is 0 Å². The summed E-state index contributed by atoms with van der Waals surface area (Å²) < 4.78 is 34.6. The average molecular weight is 424 g/mol. The second kappa shape index (κ2) is 7.62. The zero-order valence-electron chi connectivity index (χ0n) is 15.1. The van der Waals surface area contributed by atoms with Gasteiger partial charge in [-0.25, -0.2) is 0 Å². The van der Waals surface area contributed by atoms with Gasteiger partial charge in [-0.2, -0.15) is 8.42 Å². The number of hydrogen-bond acceptors (Lipinski definition) is 8. The predicted octanol–water partition coefficient (Wildman–Crippen LogP) is 1.17. The van der Waals surface area contributed by atoms with Crippen molar-refractivity contribution in [3.05, 3.63) is 0 Å². The Kier molecular flexibility index (Phi) is 5.99. The quantitative estimate of drug-likeness (QED) is 0.459. The predicted molar refractivity (Wildman–Crippen MR) is 102 cm³/mol. The van der Waals surface area contributed by atoms with Gasteiger partial charge in [-0.3, -0.25) is 13.8 Å². The van der Waals surface area contributed by atoms with Crippen LogP contribution >= 0.6 is 23.5 Å². The summed E-state index contributed by atoms with van der Waals surface area (Å²) in [6.07, 6.45) is 0.490. The van der Waals surface area contributed by atoms with Crippen LogP contribution in [-0.4, -0.2) is 66.3 Å². The van der Waals surface area contributed by atoms with Crippen molar-refractivity contribution in [1.82, 2.24) is 5.32 Å². The molecule has 2 bridgehead atoms. The molecule has 3 aliphatic heterocycles. The van der Waals surface area contributed by atoms with Crippen LogP contribution < -0.4 is 5.32 Å². The zero-order chi connectivity index (χ0) is 19.1. The molecule has 148 valence electrons. The highest BCUT2D eigenvalue weighted by Crippen LogP contribution is 2.55. The number of carbonyl (C=O) groups is 2. The largest absolute Gasteiger partial charge is 0.364 e. The lowest BCUT2D eigenvalue weighted by molar-refractivity contribution is -0.129. The Labute approximate surface area is 162 Å². The number of ether oxygens (including phenoxy) is 1. The Hall–Kier alpha value is -0.290. The summed E-state index contributed by atoms with van der Waals surface area (Å²) in [5.74, 6) is 0.252. The van der Waals surface area contributed by atoms with Gasteiger partial charge in [0.25, 0.3) is 10.1 Å². The van der Waals surface area contributed by atoms with E-state index in [0.717, 1.165) is 6.42 Å². The normalized spacial score (nSPS) is 34.2. The van der Waals surface area contributed by atoms with Gasteiger partial charge in [-0.1, -0.05) is 32.5 Å². The standard InChI is InChI=1S/C16H25NO6S3/c1-4-16(2,3)15(19)24-6-5-17-11(18)8-22-12-9-7-10-14(25-9)13(12)23-26(10,20)21/h9-10,12-14H,4-8H2,1-3H3,(H,17,18). The molecule has 0 aliphatic carbocycles. The van der Waals surface area contributed by atoms with Gasteiger partial charge in [0.1, 0.15) is 18.0 Å². The van der Waals surface area contributed by atoms with E-state index in [1.165, 1.54) is 11.8 Å². The van der Waals surface area contributed by atoms with Gasteiger partial charge in [-0.15, -0.1) is 11.8 Å². The molecule has 3 aliphatic rings. The van der Waals surface area contributed by atoms with Gasteiger partial charge in [0.2, 0.25) is 5.91 Å². The van der Waals surface area contributed by atoms with Gasteiger partial charge in [0.15, 0.2) is 5.12 Å². The average Bonchev–Trinajstić information content (AvgIpc) is 3.19. The van der Waals surface area contributed by atoms with Crippen molar-refractivity contribution in [3.8, 4) is 0 Å². The maximum atomic E-state index is 12.0. The number of thioether (sulfide) groups is 2. The third kappa shape index (κ3) is 3.94. The summed E-state index contributed by atoms with van der Waals surface area (Å²) in [5, 5.41) is 2.44. The Morgan fingerprint density at radius 3 is 2.81 bits per heavy atom. The van der Waals surface area contributed by atoms with Gasteiger partial charge in [0.05, 0.1) is 11.4 Å². The van der Waals surface area contributed by atoms with Crippen LogP contribution in [0.2, 0.25) is 0 Å². The first-order valence-electron chi connectivity index (χ1n) is 8.79. The Bertz CT molecular complexity index is 679. The fraction of sp³-hybridized carbons (Fsp3) is 0.875. The number of fused-ring (bicyclic) bond motifs is 1. The molecule has 3 fully saturated rings. The molecule has 7 nitrogen and oxygen atoms in total. The molecule has 3 rings (SSSR count). The minimum atomic E-state index is -3.48. The third-order valence-corrected chi connectivity index (χ3v) is 10.1. The molecule has 0 aromatic carbocycles. The summed E-state index contributed by atoms with van der Waals surface area (Å²) in [7, 11) is -3.48. The lowest BCUT2D eigenvalue weighted by Crippen LogP contribution is -2.42. The molecule has 0 saturated carbocycles. The Balaban J connectivity index is 1.36. The van der Waals surface area contributed by atoms with E-state index in [4.69, 9.17) is 8.92 Å². The SMILES string of the molecule is CCC(C)(C)C(=O)SCCNC(=O)COC1C2CC3C(S2)C1OS3(=O)=O. The van der Waals surface area contributed by atoms with E-state index in [1.54, 1.807) is 11.8 Å². The first-order chi connectivity index (χ1) is 12.2. The van der Waals surface area contributed by atoms with E-state index in [-0.39, 0.29) is 39.6 Å². The number of amides is 1. The first kappa shape index (κ1) is 20.4. The van der Waals surface area contributed by atoms with E-state index in [1.807, 2.05) is 20.8 Å². The molecule has 1 amide bonds. The highest BCUT2D eigenvalue weighted by Gasteiger charge is 2.65.